The van der Waals surface area contributed by atoms with E-state index in [2.05, 4.69) is 0 Å². The van der Waals surface area contributed by atoms with Crippen LogP contribution in [-0.2, 0) is 0 Å². The van der Waals surface area contributed by atoms with Crippen LogP contribution in [0.4, 0.5) is 0 Å². The minimum absolute atomic E-state index is 0.224. The molecule has 2 heterocycles. The summed E-state index contributed by atoms with van der Waals surface area (Å²) in [5, 5.41) is 23.2. The molecule has 0 aliphatic carbocycles. The van der Waals surface area contributed by atoms with Crippen LogP contribution in [0, 0.1) is 20.2 Å². The number of hydrogen-bond donors (Lipinski definition) is 0. The van der Waals surface area contributed by atoms with Crippen LogP contribution >= 0.6 is 21.6 Å². The summed E-state index contributed by atoms with van der Waals surface area (Å²) in [5.41, 5.74) is 2.51. The molecule has 0 aliphatic rings. The Morgan fingerprint density at radius 1 is 0.750 bits per heavy atom. The third kappa shape index (κ3) is 5.14. The molecule has 4 rings (SSSR count). The molecule has 36 heavy (non-hydrogen) atoms. The van der Waals surface area contributed by atoms with Gasteiger partial charge < -0.3 is 0 Å². The van der Waals surface area contributed by atoms with Gasteiger partial charge in [0.05, 0.1) is 11.0 Å². The molecule has 0 spiro atoms. The Labute approximate surface area is 213 Å². The van der Waals surface area contributed by atoms with Gasteiger partial charge in [0.15, 0.2) is 0 Å². The lowest BCUT2D eigenvalue weighted by Gasteiger charge is -2.16. The third-order valence-corrected chi connectivity index (χ3v) is 8.88. The number of nitro groups is 2. The summed E-state index contributed by atoms with van der Waals surface area (Å²) in [5.74, 6) is -0.448. The van der Waals surface area contributed by atoms with Crippen molar-refractivity contribution in [3.05, 3.63) is 92.3 Å². The van der Waals surface area contributed by atoms with Gasteiger partial charge in [0.2, 0.25) is 24.9 Å². The zero-order chi connectivity index (χ0) is 26.0. The molecule has 10 nitrogen and oxygen atoms in total. The van der Waals surface area contributed by atoms with Crippen LogP contribution < -0.4 is 0 Å². The van der Waals surface area contributed by atoms with E-state index >= 15 is 0 Å². The van der Waals surface area contributed by atoms with E-state index in [1.54, 1.807) is 60.9 Å². The van der Waals surface area contributed by atoms with Gasteiger partial charge in [0.25, 0.3) is 0 Å². The number of carbonyl (C=O) groups is 2. The molecule has 0 radical (unpaired) electrons. The van der Waals surface area contributed by atoms with Crippen LogP contribution in [-0.4, -0.2) is 43.9 Å². The minimum atomic E-state index is -0.675. The second-order valence-corrected chi connectivity index (χ2v) is 10.9. The highest BCUT2D eigenvalue weighted by atomic mass is 33.1. The molecule has 0 N–H and O–H groups in total. The van der Waals surface area contributed by atoms with Gasteiger partial charge >= 0.3 is 0 Å². The molecule has 0 fully saturated rings. The maximum absolute atomic E-state index is 12.2. The SMILES string of the molecule is CC(=O)n1cc([C@H](C[N+](=O)[O-])SS[C@H](C[N+](=O)[O-])c2cn(C(C)=O)c3ccccc23)c2ccccc21. The first-order chi connectivity index (χ1) is 17.2. The lowest BCUT2D eigenvalue weighted by Crippen LogP contribution is -2.12. The lowest BCUT2D eigenvalue weighted by atomic mass is 10.1. The predicted molar refractivity (Wildman–Crippen MR) is 141 cm³/mol. The number of benzene rings is 2. The first-order valence-corrected chi connectivity index (χ1v) is 13.2. The molecular weight excluding hydrogens is 504 g/mol. The van der Waals surface area contributed by atoms with E-state index in [0.717, 1.165) is 0 Å². The fourth-order valence-corrected chi connectivity index (χ4v) is 7.22. The standard InChI is InChI=1S/C24H22N4O6S2/c1-15(29)25-11-19(17-7-3-5-9-21(17)25)23(13-27(31)32)35-36-24(14-28(33)34)20-12-26(16(2)30)22-10-6-4-8-18(20)22/h3-12,23-24H,13-14H2,1-2H3/t23-,24+. The normalized spacial score (nSPS) is 13.1. The van der Waals surface area contributed by atoms with Crippen molar-refractivity contribution >= 4 is 55.2 Å². The first kappa shape index (κ1) is 25.5. The molecule has 4 aromatic rings. The summed E-state index contributed by atoms with van der Waals surface area (Å²) < 4.78 is 2.91. The van der Waals surface area contributed by atoms with Gasteiger partial charge in [0.1, 0.15) is 10.5 Å². The van der Waals surface area contributed by atoms with E-state index in [0.29, 0.717) is 32.9 Å². The molecule has 0 amide bonds. The fourth-order valence-electron chi connectivity index (χ4n) is 4.21. The van der Waals surface area contributed by atoms with Gasteiger partial charge in [0, 0.05) is 46.9 Å². The zero-order valence-electron chi connectivity index (χ0n) is 19.4. The highest BCUT2D eigenvalue weighted by Crippen LogP contribution is 2.49. The molecule has 2 atom stereocenters. The number of nitrogens with zero attached hydrogens (tertiary/aromatic N) is 4. The Morgan fingerprint density at radius 3 is 1.44 bits per heavy atom. The van der Waals surface area contributed by atoms with Crippen molar-refractivity contribution in [1.82, 2.24) is 9.13 Å². The number of rotatable bonds is 9. The molecule has 0 aliphatic heterocycles. The van der Waals surface area contributed by atoms with Crippen LogP contribution in [0.25, 0.3) is 21.8 Å². The Morgan fingerprint density at radius 2 is 1.11 bits per heavy atom. The predicted octanol–water partition coefficient (Wildman–Crippen LogP) is 5.63. The van der Waals surface area contributed by atoms with Crippen molar-refractivity contribution in [2.45, 2.75) is 24.3 Å². The second-order valence-electron chi connectivity index (χ2n) is 8.18. The smallest absolute Gasteiger partial charge is 0.227 e. The molecule has 186 valence electrons. The van der Waals surface area contributed by atoms with E-state index in [1.807, 2.05) is 0 Å². The molecule has 0 bridgehead atoms. The first-order valence-electron chi connectivity index (χ1n) is 10.9. The van der Waals surface area contributed by atoms with E-state index in [9.17, 15) is 29.8 Å². The summed E-state index contributed by atoms with van der Waals surface area (Å²) in [6.45, 7) is 1.98. The number of para-hydroxylation sites is 2. The molecule has 0 saturated carbocycles. The maximum Gasteiger partial charge on any atom is 0.227 e. The van der Waals surface area contributed by atoms with E-state index in [4.69, 9.17) is 0 Å². The molecule has 0 unspecified atom stereocenters. The summed E-state index contributed by atoms with van der Waals surface area (Å²) in [6.07, 6.45) is 3.22. The summed E-state index contributed by atoms with van der Waals surface area (Å²) in [7, 11) is 2.33. The van der Waals surface area contributed by atoms with E-state index in [-0.39, 0.29) is 11.8 Å². The monoisotopic (exact) mass is 526 g/mol. The second kappa shape index (κ2) is 10.5. The van der Waals surface area contributed by atoms with Crippen molar-refractivity contribution in [3.8, 4) is 0 Å². The molecule has 2 aromatic heterocycles. The number of carbonyl (C=O) groups excluding carboxylic acids is 2. The minimum Gasteiger partial charge on any atom is -0.287 e. The van der Waals surface area contributed by atoms with Gasteiger partial charge in [-0.2, -0.15) is 0 Å². The zero-order valence-corrected chi connectivity index (χ0v) is 21.0. The van der Waals surface area contributed by atoms with Gasteiger partial charge in [-0.05, 0) is 23.3 Å². The van der Waals surface area contributed by atoms with E-state index < -0.39 is 33.4 Å². The Kier molecular flexibility index (Phi) is 7.45. The van der Waals surface area contributed by atoms with Crippen molar-refractivity contribution in [3.63, 3.8) is 0 Å². The average Bonchev–Trinajstić information content (AvgIpc) is 3.40. The summed E-state index contributed by atoms with van der Waals surface area (Å²) in [6, 6.07) is 14.3. The number of hydrogen-bond acceptors (Lipinski definition) is 8. The van der Waals surface area contributed by atoms with Crippen molar-refractivity contribution < 1.29 is 19.4 Å². The maximum atomic E-state index is 12.2. The average molecular weight is 527 g/mol. The quantitative estimate of drug-likeness (QED) is 0.156. The van der Waals surface area contributed by atoms with Crippen LogP contribution in [0.3, 0.4) is 0 Å². The highest BCUT2D eigenvalue weighted by Gasteiger charge is 2.30. The number of fused-ring (bicyclic) bond motifs is 2. The van der Waals surface area contributed by atoms with Crippen molar-refractivity contribution in [1.29, 1.82) is 0 Å². The van der Waals surface area contributed by atoms with Gasteiger partial charge in [-0.25, -0.2) is 0 Å². The van der Waals surface area contributed by atoms with Crippen molar-refractivity contribution in [2.24, 2.45) is 0 Å². The summed E-state index contributed by atoms with van der Waals surface area (Å²) >= 11 is 0. The van der Waals surface area contributed by atoms with Crippen LogP contribution in [0.2, 0.25) is 0 Å². The highest BCUT2D eigenvalue weighted by molar-refractivity contribution is 8.76. The molecule has 12 heteroatoms. The number of aromatic nitrogens is 2. The van der Waals surface area contributed by atoms with Crippen LogP contribution in [0.1, 0.15) is 45.1 Å². The Bertz CT molecular complexity index is 1380. The van der Waals surface area contributed by atoms with Crippen LogP contribution in [0.5, 0.6) is 0 Å². The van der Waals surface area contributed by atoms with Gasteiger partial charge in [-0.1, -0.05) is 58.0 Å². The molecule has 2 aromatic carbocycles. The Hall–Kier alpha value is -3.64. The molecular formula is C24H22N4O6S2. The largest absolute Gasteiger partial charge is 0.287 e. The van der Waals surface area contributed by atoms with Crippen molar-refractivity contribution in [2.75, 3.05) is 13.1 Å². The van der Waals surface area contributed by atoms with Crippen LogP contribution in [0.15, 0.2) is 60.9 Å². The van der Waals surface area contributed by atoms with E-state index in [1.165, 1.54) is 44.6 Å². The summed E-state index contributed by atoms with van der Waals surface area (Å²) in [4.78, 5) is 46.6. The Balaban J connectivity index is 1.73. The molecule has 0 saturated heterocycles. The van der Waals surface area contributed by atoms with Gasteiger partial charge in [-0.15, -0.1) is 0 Å². The topological polar surface area (TPSA) is 130 Å². The van der Waals surface area contributed by atoms with Gasteiger partial charge in [-0.3, -0.25) is 39.0 Å². The fraction of sp³-hybridized carbons (Fsp3) is 0.250. The third-order valence-electron chi connectivity index (χ3n) is 5.78. The lowest BCUT2D eigenvalue weighted by molar-refractivity contribution is -0.479.